The van der Waals surface area contributed by atoms with E-state index >= 15 is 0 Å². The molecule has 0 aliphatic carbocycles. The third kappa shape index (κ3) is 22.1. The molecule has 480 valence electrons. The summed E-state index contributed by atoms with van der Waals surface area (Å²) >= 11 is 0. The van der Waals surface area contributed by atoms with Gasteiger partial charge in [0.05, 0.1) is 23.0 Å². The van der Waals surface area contributed by atoms with Crippen LogP contribution in [-0.2, 0) is 82.8 Å². The molecule has 4 rings (SSSR count). The first-order valence-corrected chi connectivity index (χ1v) is 31.5. The molecule has 0 fully saturated rings. The van der Waals surface area contributed by atoms with Crippen LogP contribution in [-0.4, -0.2) is 129 Å². The maximum atomic E-state index is 14.4. The molecular formula is C66H92N8O13S. The van der Waals surface area contributed by atoms with Crippen LogP contribution in [0.1, 0.15) is 143 Å². The number of nitrogens with one attached hydrogen (secondary N) is 5. The Bertz CT molecular complexity index is 3100. The SMILES string of the molecule is CN[C@H](C(=O)N[C@H](C(=O)N(C)[C@H](/C=C(\C)C(=O)NS(=O)(=O)c1ccc(CCC(=O)OCc2ccc(CC(=O)[C@@H](CCCNC(N)=O)NC(=O)[C@H](CC(=O)CCCCCN3C(=O)C=CC3=O)C(C)C)cc2)cc1)C(C)C)C(C)(C)C)C(C)(C)c1ccccc1. The van der Waals surface area contributed by atoms with E-state index in [0.29, 0.717) is 42.4 Å². The number of ketones is 2. The summed E-state index contributed by atoms with van der Waals surface area (Å²) in [4.78, 5) is 133. The van der Waals surface area contributed by atoms with E-state index in [-0.39, 0.29) is 110 Å². The standard InChI is InChI=1S/C66H92N8O13S/c1-42(2)51(40-49(75)22-17-14-18-37-74-55(77)33-34-56(74)78)61(81)70-52(23-19-36-69-64(67)84)54(76)39-46-24-26-47(27-25-46)41-87-57(79)35-30-45-28-31-50(32-29-45)88(85,86)72-60(80)44(5)38-53(43(3)4)73(12)63(83)59(65(6,7)8)71-62(82)58(68-11)66(9,10)48-20-15-13-16-21-48/h13,15-16,20-21,24-29,31-34,38,42-43,51-53,58-59,68H,14,17-19,22-23,30,35-37,39-41H2,1-12H3,(H,70,81)(H,71,82)(H,72,80)(H3,67,69,84)/b44-38+/t51-,52-,53-,58-,59-/m1/s1. The molecule has 3 aromatic carbocycles. The van der Waals surface area contributed by atoms with Crippen LogP contribution in [0.15, 0.2) is 108 Å². The number of benzene rings is 3. The van der Waals surface area contributed by atoms with Crippen LogP contribution >= 0.6 is 0 Å². The molecule has 1 aliphatic heterocycles. The van der Waals surface area contributed by atoms with Crippen LogP contribution in [0.2, 0.25) is 0 Å². The van der Waals surface area contributed by atoms with E-state index in [1.807, 2.05) is 92.6 Å². The van der Waals surface area contributed by atoms with Crippen LogP contribution in [0.25, 0.3) is 0 Å². The number of nitrogens with zero attached hydrogens (tertiary/aromatic N) is 2. The molecule has 3 aromatic rings. The number of amides is 8. The van der Waals surface area contributed by atoms with Gasteiger partial charge in [-0.05, 0) is 97.7 Å². The van der Waals surface area contributed by atoms with Crippen molar-refractivity contribution in [2.75, 3.05) is 27.2 Å². The molecule has 0 saturated carbocycles. The lowest BCUT2D eigenvalue weighted by atomic mass is 9.76. The number of sulfonamides is 1. The second-order valence-electron chi connectivity index (χ2n) is 24.9. The minimum Gasteiger partial charge on any atom is -0.461 e. The number of Topliss-reactive ketones (excluding diaryl/α,β-unsaturated/α-hetero) is 2. The lowest BCUT2D eigenvalue weighted by Gasteiger charge is -2.40. The van der Waals surface area contributed by atoms with Crippen molar-refractivity contribution < 1.29 is 61.1 Å². The molecule has 8 amide bonds. The molecule has 1 aliphatic rings. The van der Waals surface area contributed by atoms with Crippen molar-refractivity contribution in [3.63, 3.8) is 0 Å². The summed E-state index contributed by atoms with van der Waals surface area (Å²) in [7, 11) is -1.07. The van der Waals surface area contributed by atoms with Gasteiger partial charge in [0.2, 0.25) is 17.7 Å². The lowest BCUT2D eigenvalue weighted by molar-refractivity contribution is -0.145. The first kappa shape index (κ1) is 72.6. The Morgan fingerprint density at radius 1 is 0.727 bits per heavy atom. The van der Waals surface area contributed by atoms with Gasteiger partial charge in [-0.1, -0.05) is 142 Å². The van der Waals surface area contributed by atoms with Crippen molar-refractivity contribution in [2.45, 2.75) is 175 Å². The number of likely N-dealkylation sites (N-methyl/N-ethyl adjacent to an activating group) is 2. The van der Waals surface area contributed by atoms with Crippen molar-refractivity contribution in [3.05, 3.63) is 125 Å². The fourth-order valence-corrected chi connectivity index (χ4v) is 11.3. The molecule has 5 atom stereocenters. The average molecular weight is 1240 g/mol. The largest absolute Gasteiger partial charge is 0.461 e. The summed E-state index contributed by atoms with van der Waals surface area (Å²) < 4.78 is 34.6. The number of urea groups is 1. The molecule has 0 spiro atoms. The predicted octanol–water partition coefficient (Wildman–Crippen LogP) is 6.46. The number of esters is 1. The van der Waals surface area contributed by atoms with Gasteiger partial charge in [-0.3, -0.25) is 48.1 Å². The average Bonchev–Trinajstić information content (AvgIpc) is 1.41. The first-order chi connectivity index (χ1) is 41.3. The van der Waals surface area contributed by atoms with E-state index in [1.54, 1.807) is 44.4 Å². The molecule has 0 aromatic heterocycles. The number of primary amides is 1. The molecule has 21 nitrogen and oxygen atoms in total. The van der Waals surface area contributed by atoms with Gasteiger partial charge in [0.1, 0.15) is 18.4 Å². The number of nitrogens with two attached hydrogens (primary N) is 1. The maximum absolute atomic E-state index is 14.4. The highest BCUT2D eigenvalue weighted by molar-refractivity contribution is 7.90. The molecule has 0 saturated heterocycles. The number of imide groups is 1. The Hall–Kier alpha value is -7.85. The quantitative estimate of drug-likeness (QED) is 0.0160. The zero-order valence-electron chi connectivity index (χ0n) is 53.2. The molecule has 88 heavy (non-hydrogen) atoms. The highest BCUT2D eigenvalue weighted by Gasteiger charge is 2.42. The third-order valence-corrected chi connectivity index (χ3v) is 17.2. The van der Waals surface area contributed by atoms with Crippen molar-refractivity contribution in [1.82, 2.24) is 35.8 Å². The Balaban J connectivity index is 1.29. The monoisotopic (exact) mass is 1240 g/mol. The van der Waals surface area contributed by atoms with Crippen molar-refractivity contribution in [1.29, 1.82) is 0 Å². The van der Waals surface area contributed by atoms with Gasteiger partial charge in [-0.2, -0.15) is 0 Å². The highest BCUT2D eigenvalue weighted by Crippen LogP contribution is 2.30. The molecule has 1 heterocycles. The summed E-state index contributed by atoms with van der Waals surface area (Å²) in [6.45, 7) is 18.7. The van der Waals surface area contributed by atoms with Crippen molar-refractivity contribution in [3.8, 4) is 0 Å². The maximum Gasteiger partial charge on any atom is 0.312 e. The van der Waals surface area contributed by atoms with E-state index in [9.17, 15) is 56.4 Å². The number of ether oxygens (including phenoxy) is 1. The normalized spacial score (nSPS) is 14.6. The number of hydrogen-bond acceptors (Lipinski definition) is 14. The van der Waals surface area contributed by atoms with Crippen molar-refractivity contribution in [2.24, 2.45) is 28.9 Å². The number of rotatable bonds is 35. The molecule has 0 radical (unpaired) electrons. The number of carbonyl (C=O) groups excluding carboxylic acids is 10. The minimum atomic E-state index is -4.36. The zero-order chi connectivity index (χ0) is 65.7. The van der Waals surface area contributed by atoms with Crippen LogP contribution in [0.3, 0.4) is 0 Å². The summed E-state index contributed by atoms with van der Waals surface area (Å²) in [5.41, 5.74) is 6.75. The number of carbonyl (C=O) groups is 10. The van der Waals surface area contributed by atoms with Crippen LogP contribution in [0.4, 0.5) is 4.79 Å². The summed E-state index contributed by atoms with van der Waals surface area (Å²) in [6.07, 6.45) is 6.52. The van der Waals surface area contributed by atoms with E-state index in [1.165, 1.54) is 48.2 Å². The van der Waals surface area contributed by atoms with Gasteiger partial charge in [0.15, 0.2) is 5.78 Å². The van der Waals surface area contributed by atoms with E-state index in [0.717, 1.165) is 10.5 Å². The number of unbranched alkanes of at least 4 members (excludes halogenated alkanes) is 2. The first-order valence-electron chi connectivity index (χ1n) is 30.1. The second-order valence-corrected chi connectivity index (χ2v) is 26.6. The summed E-state index contributed by atoms with van der Waals surface area (Å²) in [6, 6.07) is 18.2. The number of hydrogen-bond donors (Lipinski definition) is 6. The highest BCUT2D eigenvalue weighted by atomic mass is 32.2. The van der Waals surface area contributed by atoms with Crippen LogP contribution in [0, 0.1) is 23.2 Å². The van der Waals surface area contributed by atoms with Gasteiger partial charge in [0, 0.05) is 74.9 Å². The number of aryl methyl sites for hydroxylation is 1. The Morgan fingerprint density at radius 3 is 1.90 bits per heavy atom. The Morgan fingerprint density at radius 2 is 1.33 bits per heavy atom. The van der Waals surface area contributed by atoms with Gasteiger partial charge in [-0.25, -0.2) is 17.9 Å². The zero-order valence-corrected chi connectivity index (χ0v) is 54.0. The molecular weight excluding hydrogens is 1140 g/mol. The third-order valence-electron chi connectivity index (χ3n) is 15.8. The molecule has 7 N–H and O–H groups in total. The van der Waals surface area contributed by atoms with E-state index < -0.39 is 80.7 Å². The second kappa shape index (κ2) is 33.5. The van der Waals surface area contributed by atoms with Gasteiger partial charge in [0.25, 0.3) is 27.7 Å². The fourth-order valence-electron chi connectivity index (χ4n) is 10.3. The van der Waals surface area contributed by atoms with Gasteiger partial charge < -0.3 is 36.6 Å². The van der Waals surface area contributed by atoms with Crippen molar-refractivity contribution >= 4 is 69.0 Å². The molecule has 0 unspecified atom stereocenters. The lowest BCUT2D eigenvalue weighted by Crippen LogP contribution is -2.61. The Kier molecular flexibility index (Phi) is 27.6. The fraction of sp³-hybridized carbons (Fsp3) is 0.515. The Labute approximate surface area is 519 Å². The minimum absolute atomic E-state index is 0.0282. The summed E-state index contributed by atoms with van der Waals surface area (Å²) in [5.74, 6) is -4.89. The van der Waals surface area contributed by atoms with Gasteiger partial charge in [-0.15, -0.1) is 0 Å². The summed E-state index contributed by atoms with van der Waals surface area (Å²) in [5, 5.41) is 11.5. The van der Waals surface area contributed by atoms with Gasteiger partial charge >= 0.3 is 12.0 Å². The smallest absolute Gasteiger partial charge is 0.312 e. The van der Waals surface area contributed by atoms with Crippen LogP contribution in [0.5, 0.6) is 0 Å². The predicted molar refractivity (Wildman–Crippen MR) is 335 cm³/mol. The topological polar surface area (TPSA) is 307 Å². The van der Waals surface area contributed by atoms with E-state index in [2.05, 4.69) is 26.0 Å². The molecule has 22 heteroatoms. The van der Waals surface area contributed by atoms with E-state index in [4.69, 9.17) is 10.5 Å². The van der Waals surface area contributed by atoms with Crippen LogP contribution < -0.4 is 31.7 Å². The molecule has 0 bridgehead atoms.